The van der Waals surface area contributed by atoms with Gasteiger partial charge in [0.1, 0.15) is 0 Å². The van der Waals surface area contributed by atoms with Crippen LogP contribution in [0.15, 0.2) is 48.6 Å². The molecular weight excluding hydrogens is 216 g/mol. The highest BCUT2D eigenvalue weighted by atomic mass is 16.5. The summed E-state index contributed by atoms with van der Waals surface area (Å²) < 4.78 is 4.68. The van der Waals surface area contributed by atoms with Crippen LogP contribution in [-0.2, 0) is 14.3 Å². The van der Waals surface area contributed by atoms with Crippen molar-refractivity contribution in [3.63, 3.8) is 0 Å². The van der Waals surface area contributed by atoms with Crippen molar-refractivity contribution in [3.05, 3.63) is 54.1 Å². The molecule has 0 aliphatic carbocycles. The van der Waals surface area contributed by atoms with Gasteiger partial charge in [-0.15, -0.1) is 0 Å². The molecule has 0 bridgehead atoms. The second kappa shape index (κ2) is 6.43. The Morgan fingerprint density at radius 3 is 2.53 bits per heavy atom. The fraction of sp³-hybridized carbons (Fsp3) is 0.143. The van der Waals surface area contributed by atoms with E-state index in [2.05, 4.69) is 11.3 Å². The van der Waals surface area contributed by atoms with Crippen molar-refractivity contribution in [1.82, 2.24) is 0 Å². The maximum Gasteiger partial charge on any atom is 0.341 e. The van der Waals surface area contributed by atoms with E-state index in [-0.39, 0.29) is 12.2 Å². The lowest BCUT2D eigenvalue weighted by Gasteiger charge is -2.00. The van der Waals surface area contributed by atoms with Crippen molar-refractivity contribution >= 4 is 17.8 Å². The minimum absolute atomic E-state index is 0.154. The molecule has 0 fully saturated rings. The fourth-order valence-corrected chi connectivity index (χ4v) is 1.16. The van der Waals surface area contributed by atoms with Crippen molar-refractivity contribution in [1.29, 1.82) is 0 Å². The molecule has 88 valence electrons. The summed E-state index contributed by atoms with van der Waals surface area (Å²) in [5, 5.41) is 0. The average Bonchev–Trinajstić information content (AvgIpc) is 2.36. The van der Waals surface area contributed by atoms with Gasteiger partial charge in [-0.05, 0) is 18.6 Å². The first-order chi connectivity index (χ1) is 8.15. The summed E-state index contributed by atoms with van der Waals surface area (Å²) >= 11 is 0. The topological polar surface area (TPSA) is 43.4 Å². The quantitative estimate of drug-likeness (QED) is 0.337. The molecule has 1 aromatic rings. The van der Waals surface area contributed by atoms with Gasteiger partial charge in [-0.1, -0.05) is 43.0 Å². The lowest BCUT2D eigenvalue weighted by molar-refractivity contribution is -0.139. The molecule has 0 aliphatic rings. The Kier molecular flexibility index (Phi) is 4.88. The largest absolute Gasteiger partial charge is 0.462 e. The molecule has 0 aromatic heterocycles. The third-order valence-electron chi connectivity index (χ3n) is 2.05. The standard InChI is InChI=1S/C14H14O3/c1-3-17-14(16)11(2)13(15)10-9-12-7-5-4-6-8-12/h4-10H,2-3H2,1H3. The van der Waals surface area contributed by atoms with Crippen LogP contribution in [-0.4, -0.2) is 18.4 Å². The molecule has 0 saturated carbocycles. The van der Waals surface area contributed by atoms with Crippen LogP contribution < -0.4 is 0 Å². The molecule has 0 radical (unpaired) electrons. The van der Waals surface area contributed by atoms with Crippen LogP contribution in [0.2, 0.25) is 0 Å². The van der Waals surface area contributed by atoms with Gasteiger partial charge in [0.15, 0.2) is 5.78 Å². The van der Waals surface area contributed by atoms with Gasteiger partial charge in [-0.3, -0.25) is 4.79 Å². The molecule has 3 nitrogen and oxygen atoms in total. The molecular formula is C14H14O3. The number of allylic oxidation sites excluding steroid dienone is 1. The van der Waals surface area contributed by atoms with Crippen LogP contribution in [0.3, 0.4) is 0 Å². The van der Waals surface area contributed by atoms with Crippen LogP contribution in [0, 0.1) is 0 Å². The summed E-state index contributed by atoms with van der Waals surface area (Å²) in [6.45, 7) is 5.32. The first-order valence-corrected chi connectivity index (χ1v) is 5.28. The molecule has 0 unspecified atom stereocenters. The van der Waals surface area contributed by atoms with Crippen molar-refractivity contribution in [2.75, 3.05) is 6.61 Å². The van der Waals surface area contributed by atoms with E-state index in [9.17, 15) is 9.59 Å². The molecule has 0 spiro atoms. The number of carbonyl (C=O) groups is 2. The lowest BCUT2D eigenvalue weighted by atomic mass is 10.1. The molecule has 0 heterocycles. The van der Waals surface area contributed by atoms with E-state index in [4.69, 9.17) is 0 Å². The van der Waals surface area contributed by atoms with Gasteiger partial charge in [0.2, 0.25) is 0 Å². The van der Waals surface area contributed by atoms with E-state index < -0.39 is 11.8 Å². The zero-order chi connectivity index (χ0) is 12.7. The normalized spacial score (nSPS) is 10.2. The lowest BCUT2D eigenvalue weighted by Crippen LogP contribution is -2.12. The van der Waals surface area contributed by atoms with Crippen LogP contribution in [0.25, 0.3) is 6.08 Å². The van der Waals surface area contributed by atoms with E-state index in [1.165, 1.54) is 6.08 Å². The van der Waals surface area contributed by atoms with Crippen molar-refractivity contribution in [3.8, 4) is 0 Å². The molecule has 17 heavy (non-hydrogen) atoms. The predicted octanol–water partition coefficient (Wildman–Crippen LogP) is 2.39. The Morgan fingerprint density at radius 2 is 1.94 bits per heavy atom. The van der Waals surface area contributed by atoms with Crippen molar-refractivity contribution in [2.45, 2.75) is 6.92 Å². The number of hydrogen-bond acceptors (Lipinski definition) is 3. The third kappa shape index (κ3) is 4.07. The third-order valence-corrected chi connectivity index (χ3v) is 2.05. The SMILES string of the molecule is C=C(C(=O)C=Cc1ccccc1)C(=O)OCC. The first-order valence-electron chi connectivity index (χ1n) is 5.28. The summed E-state index contributed by atoms with van der Waals surface area (Å²) in [7, 11) is 0. The molecule has 0 aliphatic heterocycles. The minimum atomic E-state index is -0.671. The van der Waals surface area contributed by atoms with Gasteiger partial charge < -0.3 is 4.74 Å². The Morgan fingerprint density at radius 1 is 1.29 bits per heavy atom. The highest BCUT2D eigenvalue weighted by Gasteiger charge is 2.13. The van der Waals surface area contributed by atoms with Gasteiger partial charge in [-0.25, -0.2) is 4.79 Å². The van der Waals surface area contributed by atoms with Crippen LogP contribution >= 0.6 is 0 Å². The van der Waals surface area contributed by atoms with E-state index in [0.717, 1.165) is 5.56 Å². The highest BCUT2D eigenvalue weighted by molar-refractivity contribution is 6.22. The number of rotatable bonds is 5. The second-order valence-electron chi connectivity index (χ2n) is 3.31. The predicted molar refractivity (Wildman–Crippen MR) is 66.3 cm³/mol. The number of ketones is 1. The summed E-state index contributed by atoms with van der Waals surface area (Å²) in [5.74, 6) is -1.11. The molecule has 0 N–H and O–H groups in total. The van der Waals surface area contributed by atoms with Crippen LogP contribution in [0.4, 0.5) is 0 Å². The number of carbonyl (C=O) groups excluding carboxylic acids is 2. The Labute approximate surface area is 100 Å². The summed E-state index contributed by atoms with van der Waals surface area (Å²) in [4.78, 5) is 22.8. The molecule has 0 atom stereocenters. The summed E-state index contributed by atoms with van der Waals surface area (Å²) in [5.41, 5.74) is 0.733. The van der Waals surface area contributed by atoms with Crippen molar-refractivity contribution < 1.29 is 14.3 Å². The van der Waals surface area contributed by atoms with E-state index in [0.29, 0.717) is 0 Å². The Hall–Kier alpha value is -2.16. The Bertz CT molecular complexity index is 444. The number of esters is 1. The zero-order valence-electron chi connectivity index (χ0n) is 9.68. The van der Waals surface area contributed by atoms with Crippen molar-refractivity contribution in [2.24, 2.45) is 0 Å². The van der Waals surface area contributed by atoms with Gasteiger partial charge in [0.05, 0.1) is 12.2 Å². The van der Waals surface area contributed by atoms with Gasteiger partial charge >= 0.3 is 5.97 Å². The summed E-state index contributed by atoms with van der Waals surface area (Å²) in [6, 6.07) is 9.33. The number of hydrogen-bond donors (Lipinski definition) is 0. The molecule has 0 amide bonds. The smallest absolute Gasteiger partial charge is 0.341 e. The molecule has 3 heteroatoms. The van der Waals surface area contributed by atoms with E-state index >= 15 is 0 Å². The highest BCUT2D eigenvalue weighted by Crippen LogP contribution is 2.04. The average molecular weight is 230 g/mol. The molecule has 1 aromatic carbocycles. The minimum Gasteiger partial charge on any atom is -0.462 e. The maximum atomic E-state index is 11.5. The van der Waals surface area contributed by atoms with Crippen LogP contribution in [0.1, 0.15) is 12.5 Å². The van der Waals surface area contributed by atoms with E-state index in [1.807, 2.05) is 30.3 Å². The van der Waals surface area contributed by atoms with Gasteiger partial charge in [-0.2, -0.15) is 0 Å². The zero-order valence-corrected chi connectivity index (χ0v) is 9.68. The monoisotopic (exact) mass is 230 g/mol. The van der Waals surface area contributed by atoms with Crippen LogP contribution in [0.5, 0.6) is 0 Å². The summed E-state index contributed by atoms with van der Waals surface area (Å²) in [6.07, 6.45) is 2.95. The van der Waals surface area contributed by atoms with Gasteiger partial charge in [0, 0.05) is 0 Å². The molecule has 1 rings (SSSR count). The molecule has 0 saturated heterocycles. The van der Waals surface area contributed by atoms with Gasteiger partial charge in [0.25, 0.3) is 0 Å². The first kappa shape index (κ1) is 12.9. The number of ether oxygens (including phenoxy) is 1. The second-order valence-corrected chi connectivity index (χ2v) is 3.31. The Balaban J connectivity index is 2.64. The van der Waals surface area contributed by atoms with E-state index in [1.54, 1.807) is 13.0 Å². The maximum absolute atomic E-state index is 11.5. The fourth-order valence-electron chi connectivity index (χ4n) is 1.16. The number of benzene rings is 1.